The summed E-state index contributed by atoms with van der Waals surface area (Å²) in [5.41, 5.74) is -0.226. The molecule has 0 spiro atoms. The van der Waals surface area contributed by atoms with E-state index in [0.29, 0.717) is 0 Å². The number of hydrogen-bond acceptors (Lipinski definition) is 2. The van der Waals surface area contributed by atoms with Gasteiger partial charge in [-0.2, -0.15) is 0 Å². The quantitative estimate of drug-likeness (QED) is 0.647. The molecule has 4 heteroatoms. The smallest absolute Gasteiger partial charge is 0.325 e. The molecule has 14 heavy (non-hydrogen) atoms. The van der Waals surface area contributed by atoms with Gasteiger partial charge >= 0.3 is 6.03 Å². The highest BCUT2D eigenvalue weighted by Gasteiger charge is 2.45. The number of urea groups is 1. The van der Waals surface area contributed by atoms with Crippen LogP contribution in [0.25, 0.3) is 0 Å². The SMILES string of the molecule is CC(C)N1C(=O)NC(C(C)(C)C)C1=O. The number of hydrogen-bond donors (Lipinski definition) is 1. The number of nitrogens with zero attached hydrogens (tertiary/aromatic N) is 1. The summed E-state index contributed by atoms with van der Waals surface area (Å²) in [6.45, 7) is 9.50. The standard InChI is InChI=1S/C10H18N2O2/c1-6(2)12-8(13)7(10(3,4)5)11-9(12)14/h6-7H,1-5H3,(H,11,14). The van der Waals surface area contributed by atoms with Crippen molar-refractivity contribution in [2.75, 3.05) is 0 Å². The monoisotopic (exact) mass is 198 g/mol. The largest absolute Gasteiger partial charge is 0.325 e. The molecule has 1 rings (SSSR count). The first-order valence-corrected chi connectivity index (χ1v) is 4.88. The predicted molar refractivity (Wildman–Crippen MR) is 53.8 cm³/mol. The van der Waals surface area contributed by atoms with E-state index >= 15 is 0 Å². The van der Waals surface area contributed by atoms with Crippen LogP contribution in [0.15, 0.2) is 0 Å². The molecule has 3 amide bonds. The third-order valence-electron chi connectivity index (χ3n) is 2.35. The van der Waals surface area contributed by atoms with E-state index in [-0.39, 0.29) is 23.4 Å². The van der Waals surface area contributed by atoms with Gasteiger partial charge < -0.3 is 5.32 Å². The van der Waals surface area contributed by atoms with E-state index in [0.717, 1.165) is 0 Å². The second kappa shape index (κ2) is 3.26. The first-order chi connectivity index (χ1) is 6.25. The summed E-state index contributed by atoms with van der Waals surface area (Å²) < 4.78 is 0. The van der Waals surface area contributed by atoms with Gasteiger partial charge in [-0.3, -0.25) is 9.69 Å². The van der Waals surface area contributed by atoms with Crippen LogP contribution in [0.3, 0.4) is 0 Å². The molecule has 0 aliphatic carbocycles. The van der Waals surface area contributed by atoms with E-state index in [1.54, 1.807) is 0 Å². The van der Waals surface area contributed by atoms with Crippen molar-refractivity contribution >= 4 is 11.9 Å². The van der Waals surface area contributed by atoms with E-state index < -0.39 is 6.04 Å². The van der Waals surface area contributed by atoms with Gasteiger partial charge in [0.15, 0.2) is 0 Å². The Bertz CT molecular complexity index is 266. The molecule has 0 saturated carbocycles. The zero-order chi connectivity index (χ0) is 11.1. The molecule has 1 atom stereocenters. The van der Waals surface area contributed by atoms with Crippen molar-refractivity contribution in [1.29, 1.82) is 0 Å². The minimum absolute atomic E-state index is 0.0742. The maximum atomic E-state index is 11.8. The zero-order valence-corrected chi connectivity index (χ0v) is 9.42. The Hall–Kier alpha value is -1.06. The lowest BCUT2D eigenvalue weighted by molar-refractivity contribution is -0.130. The molecule has 1 heterocycles. The number of carbonyl (C=O) groups is 2. The topological polar surface area (TPSA) is 49.4 Å². The molecule has 1 unspecified atom stereocenters. The van der Waals surface area contributed by atoms with Gasteiger partial charge in [0.1, 0.15) is 6.04 Å². The molecule has 4 nitrogen and oxygen atoms in total. The van der Waals surface area contributed by atoms with Gasteiger partial charge in [0.2, 0.25) is 0 Å². The number of rotatable bonds is 1. The fourth-order valence-electron chi connectivity index (χ4n) is 1.57. The third kappa shape index (κ3) is 1.74. The summed E-state index contributed by atoms with van der Waals surface area (Å²) >= 11 is 0. The fraction of sp³-hybridized carbons (Fsp3) is 0.800. The predicted octanol–water partition coefficient (Wildman–Crippen LogP) is 1.36. The van der Waals surface area contributed by atoms with Crippen molar-refractivity contribution in [3.63, 3.8) is 0 Å². The highest BCUT2D eigenvalue weighted by atomic mass is 16.2. The second-order valence-corrected chi connectivity index (χ2v) is 5.05. The highest BCUT2D eigenvalue weighted by Crippen LogP contribution is 2.25. The first-order valence-electron chi connectivity index (χ1n) is 4.88. The van der Waals surface area contributed by atoms with Gasteiger partial charge in [-0.05, 0) is 19.3 Å². The molecule has 0 aromatic heterocycles. The van der Waals surface area contributed by atoms with Gasteiger partial charge in [-0.1, -0.05) is 20.8 Å². The normalized spacial score (nSPS) is 23.3. The lowest BCUT2D eigenvalue weighted by atomic mass is 9.87. The summed E-state index contributed by atoms with van der Waals surface area (Å²) in [7, 11) is 0. The average molecular weight is 198 g/mol. The van der Waals surface area contributed by atoms with Crippen LogP contribution in [0.4, 0.5) is 4.79 Å². The van der Waals surface area contributed by atoms with Crippen molar-refractivity contribution < 1.29 is 9.59 Å². The minimum atomic E-state index is -0.391. The molecule has 0 bridgehead atoms. The van der Waals surface area contributed by atoms with Gasteiger partial charge in [0, 0.05) is 6.04 Å². The van der Waals surface area contributed by atoms with Crippen molar-refractivity contribution in [2.24, 2.45) is 5.41 Å². The molecular weight excluding hydrogens is 180 g/mol. The second-order valence-electron chi connectivity index (χ2n) is 5.05. The zero-order valence-electron chi connectivity index (χ0n) is 9.42. The van der Waals surface area contributed by atoms with Crippen LogP contribution in [0.5, 0.6) is 0 Å². The van der Waals surface area contributed by atoms with E-state index in [4.69, 9.17) is 0 Å². The van der Waals surface area contributed by atoms with Crippen LogP contribution in [0, 0.1) is 5.41 Å². The first kappa shape index (κ1) is 11.0. The number of amides is 3. The van der Waals surface area contributed by atoms with Crippen molar-refractivity contribution in [3.8, 4) is 0 Å². The molecule has 0 radical (unpaired) electrons. The Morgan fingerprint density at radius 3 is 2.00 bits per heavy atom. The third-order valence-corrected chi connectivity index (χ3v) is 2.35. The van der Waals surface area contributed by atoms with Crippen LogP contribution in [0.1, 0.15) is 34.6 Å². The molecule has 1 aliphatic heterocycles. The summed E-state index contributed by atoms with van der Waals surface area (Å²) in [6, 6.07) is -0.739. The molecule has 1 fully saturated rings. The Balaban J connectivity index is 2.91. The van der Waals surface area contributed by atoms with E-state index in [1.165, 1.54) is 4.90 Å². The maximum Gasteiger partial charge on any atom is 0.325 e. The molecule has 0 aromatic carbocycles. The highest BCUT2D eigenvalue weighted by molar-refractivity contribution is 6.04. The summed E-state index contributed by atoms with van der Waals surface area (Å²) in [5.74, 6) is -0.113. The summed E-state index contributed by atoms with van der Waals surface area (Å²) in [5, 5.41) is 2.71. The van der Waals surface area contributed by atoms with Crippen LogP contribution in [0.2, 0.25) is 0 Å². The van der Waals surface area contributed by atoms with Crippen LogP contribution in [-0.4, -0.2) is 28.9 Å². The Morgan fingerprint density at radius 2 is 1.79 bits per heavy atom. The van der Waals surface area contributed by atoms with Gasteiger partial charge in [0.25, 0.3) is 5.91 Å². The van der Waals surface area contributed by atoms with Gasteiger partial charge in [-0.25, -0.2) is 4.79 Å². The number of imide groups is 1. The van der Waals surface area contributed by atoms with Crippen molar-refractivity contribution in [2.45, 2.75) is 46.7 Å². The lowest BCUT2D eigenvalue weighted by Crippen LogP contribution is -2.42. The molecule has 1 aliphatic rings. The van der Waals surface area contributed by atoms with Gasteiger partial charge in [0.05, 0.1) is 0 Å². The lowest BCUT2D eigenvalue weighted by Gasteiger charge is -2.25. The minimum Gasteiger partial charge on any atom is -0.325 e. The van der Waals surface area contributed by atoms with E-state index in [1.807, 2.05) is 34.6 Å². The summed E-state index contributed by atoms with van der Waals surface area (Å²) in [4.78, 5) is 24.6. The summed E-state index contributed by atoms with van der Waals surface area (Å²) in [6.07, 6.45) is 0. The Kier molecular flexibility index (Phi) is 2.56. The molecule has 0 aromatic rings. The molecule has 1 saturated heterocycles. The van der Waals surface area contributed by atoms with Crippen molar-refractivity contribution in [3.05, 3.63) is 0 Å². The van der Waals surface area contributed by atoms with Crippen LogP contribution in [-0.2, 0) is 4.79 Å². The van der Waals surface area contributed by atoms with Crippen LogP contribution >= 0.6 is 0 Å². The Labute approximate surface area is 84.7 Å². The number of nitrogens with one attached hydrogen (secondary N) is 1. The van der Waals surface area contributed by atoms with Crippen molar-refractivity contribution in [1.82, 2.24) is 10.2 Å². The fourth-order valence-corrected chi connectivity index (χ4v) is 1.57. The Morgan fingerprint density at radius 1 is 1.29 bits per heavy atom. The van der Waals surface area contributed by atoms with Gasteiger partial charge in [-0.15, -0.1) is 0 Å². The van der Waals surface area contributed by atoms with Crippen LogP contribution < -0.4 is 5.32 Å². The molecule has 1 N–H and O–H groups in total. The molecule has 80 valence electrons. The number of carbonyl (C=O) groups excluding carboxylic acids is 2. The average Bonchev–Trinajstić information content (AvgIpc) is 2.24. The molecular formula is C10H18N2O2. The maximum absolute atomic E-state index is 11.8. The van der Waals surface area contributed by atoms with E-state index in [2.05, 4.69) is 5.32 Å². The van der Waals surface area contributed by atoms with E-state index in [9.17, 15) is 9.59 Å².